The van der Waals surface area contributed by atoms with E-state index in [0.717, 1.165) is 37.1 Å². The van der Waals surface area contributed by atoms with Crippen molar-refractivity contribution in [1.82, 2.24) is 15.4 Å². The number of phenolic OH excluding ortho intramolecular Hbond substituents is 2. The predicted octanol–water partition coefficient (Wildman–Crippen LogP) is 4.92. The molecule has 9 heteroatoms. The monoisotopic (exact) mass is 535 g/mol. The second kappa shape index (κ2) is 11.9. The van der Waals surface area contributed by atoms with Crippen molar-refractivity contribution < 1.29 is 29.1 Å². The number of hydrogen-bond acceptors (Lipinski definition) is 8. The largest absolute Gasteiger partial charge is 0.508 e. The van der Waals surface area contributed by atoms with E-state index >= 15 is 0 Å². The van der Waals surface area contributed by atoms with Gasteiger partial charge in [0.25, 0.3) is 5.91 Å². The number of carbonyl (C=O) groups excluding carboxylic acids is 2. The van der Waals surface area contributed by atoms with Crippen LogP contribution in [0.2, 0.25) is 0 Å². The summed E-state index contributed by atoms with van der Waals surface area (Å²) in [6.07, 6.45) is 1.72. The molecule has 0 radical (unpaired) electrons. The van der Waals surface area contributed by atoms with Crippen LogP contribution in [-0.4, -0.2) is 59.4 Å². The van der Waals surface area contributed by atoms with E-state index < -0.39 is 0 Å². The molecule has 0 spiro atoms. The quantitative estimate of drug-likeness (QED) is 0.312. The van der Waals surface area contributed by atoms with Crippen molar-refractivity contribution in [2.75, 3.05) is 27.2 Å². The minimum Gasteiger partial charge on any atom is -0.508 e. The summed E-state index contributed by atoms with van der Waals surface area (Å²) in [7, 11) is 3.49. The third-order valence-electron chi connectivity index (χ3n) is 7.29. The first-order valence-electron chi connectivity index (χ1n) is 13.3. The lowest BCUT2D eigenvalue weighted by molar-refractivity contribution is -0.150. The Hall–Kier alpha value is -3.85. The van der Waals surface area contributed by atoms with Crippen molar-refractivity contribution in [3.8, 4) is 33.9 Å². The van der Waals surface area contributed by atoms with Crippen LogP contribution in [0.1, 0.15) is 61.1 Å². The van der Waals surface area contributed by atoms with Gasteiger partial charge in [-0.1, -0.05) is 43.3 Å². The van der Waals surface area contributed by atoms with Gasteiger partial charge in [-0.3, -0.25) is 9.59 Å². The van der Waals surface area contributed by atoms with Crippen molar-refractivity contribution in [2.24, 2.45) is 11.8 Å². The van der Waals surface area contributed by atoms with Gasteiger partial charge in [0.1, 0.15) is 11.5 Å². The number of phenols is 2. The molecule has 39 heavy (non-hydrogen) atoms. The van der Waals surface area contributed by atoms with Gasteiger partial charge in [-0.25, -0.2) is 0 Å². The van der Waals surface area contributed by atoms with Gasteiger partial charge in [-0.15, -0.1) is 0 Å². The molecule has 0 bridgehead atoms. The van der Waals surface area contributed by atoms with Crippen molar-refractivity contribution in [3.63, 3.8) is 0 Å². The van der Waals surface area contributed by atoms with Crippen LogP contribution in [-0.2, 0) is 16.1 Å². The lowest BCUT2D eigenvalue weighted by Gasteiger charge is -2.35. The number of aromatic nitrogens is 1. The first-order chi connectivity index (χ1) is 18.6. The van der Waals surface area contributed by atoms with E-state index in [1.165, 1.54) is 13.2 Å². The lowest BCUT2D eigenvalue weighted by Crippen LogP contribution is -2.37. The predicted molar refractivity (Wildman–Crippen MR) is 147 cm³/mol. The molecule has 9 nitrogen and oxygen atoms in total. The summed E-state index contributed by atoms with van der Waals surface area (Å²) >= 11 is 0. The second-order valence-corrected chi connectivity index (χ2v) is 10.6. The molecule has 1 aliphatic rings. The maximum absolute atomic E-state index is 12.9. The third kappa shape index (κ3) is 6.09. The molecule has 0 aliphatic heterocycles. The summed E-state index contributed by atoms with van der Waals surface area (Å²) in [5.74, 6) is 0.0882. The number of hydrogen-bond donors (Lipinski definition) is 3. The van der Waals surface area contributed by atoms with Gasteiger partial charge in [0.05, 0.1) is 24.2 Å². The van der Waals surface area contributed by atoms with Crippen LogP contribution in [0.25, 0.3) is 22.5 Å². The van der Waals surface area contributed by atoms with Gasteiger partial charge >= 0.3 is 5.97 Å². The van der Waals surface area contributed by atoms with E-state index in [9.17, 15) is 19.8 Å². The number of amides is 1. The molecule has 208 valence electrons. The van der Waals surface area contributed by atoms with Gasteiger partial charge < -0.3 is 29.7 Å². The lowest BCUT2D eigenvalue weighted by atomic mass is 9.74. The minimum absolute atomic E-state index is 0.00106. The van der Waals surface area contributed by atoms with E-state index in [2.05, 4.69) is 22.4 Å². The number of rotatable bonds is 10. The Kier molecular flexibility index (Phi) is 8.60. The maximum atomic E-state index is 12.9. The normalized spacial score (nSPS) is 16.8. The number of benzene rings is 2. The molecule has 2 aromatic carbocycles. The van der Waals surface area contributed by atoms with E-state index in [1.54, 1.807) is 6.07 Å². The van der Waals surface area contributed by atoms with E-state index in [-0.39, 0.29) is 46.7 Å². The minimum atomic E-state index is -0.376. The Morgan fingerprint density at radius 2 is 1.85 bits per heavy atom. The van der Waals surface area contributed by atoms with Gasteiger partial charge in [0.15, 0.2) is 11.5 Å². The molecule has 1 amide bonds. The molecule has 4 rings (SSSR count). The van der Waals surface area contributed by atoms with E-state index in [1.807, 2.05) is 45.0 Å². The van der Waals surface area contributed by atoms with Crippen LogP contribution in [0.15, 0.2) is 40.9 Å². The topological polar surface area (TPSA) is 125 Å². The summed E-state index contributed by atoms with van der Waals surface area (Å²) in [6, 6.07) is 10.8. The number of carbonyl (C=O) groups is 2. The second-order valence-electron chi connectivity index (χ2n) is 10.6. The third-order valence-corrected chi connectivity index (χ3v) is 7.29. The van der Waals surface area contributed by atoms with Crippen LogP contribution >= 0.6 is 0 Å². The molecule has 1 aliphatic carbocycles. The van der Waals surface area contributed by atoms with Crippen LogP contribution in [0.4, 0.5) is 0 Å². The molecule has 0 saturated heterocycles. The smallest absolute Gasteiger partial charge is 0.308 e. The summed E-state index contributed by atoms with van der Waals surface area (Å²) in [5.41, 5.74) is 3.41. The Balaban J connectivity index is 1.59. The number of aromatic hydroxyl groups is 2. The zero-order valence-corrected chi connectivity index (χ0v) is 23.2. The standard InChI is InChI=1S/C30H37N3O6/c1-6-31-29(36)27-26(28(39-32-27)23-13-22(17(2)3)24(34)14-25(23)35)20-9-7-18(8-10-20)15-33(4)16-19-11-21(12-19)30(37)38-5/h7-10,13-14,17,19,21,34-35H,6,11-12,15-16H2,1-5H3,(H,31,36). The highest BCUT2D eigenvalue weighted by Crippen LogP contribution is 2.43. The molecule has 1 saturated carbocycles. The molecule has 1 aromatic heterocycles. The summed E-state index contributed by atoms with van der Waals surface area (Å²) in [6.45, 7) is 7.75. The first-order valence-corrected chi connectivity index (χ1v) is 13.3. The number of esters is 1. The number of methoxy groups -OCH3 is 1. The Bertz CT molecular complexity index is 1330. The van der Waals surface area contributed by atoms with E-state index in [0.29, 0.717) is 29.2 Å². The van der Waals surface area contributed by atoms with E-state index in [4.69, 9.17) is 9.26 Å². The SMILES string of the molecule is CCNC(=O)c1noc(-c2cc(C(C)C)c(O)cc2O)c1-c1ccc(CN(C)CC2CC(C(=O)OC)C2)cc1. The summed E-state index contributed by atoms with van der Waals surface area (Å²) in [5, 5.41) is 27.8. The van der Waals surface area contributed by atoms with Crippen LogP contribution < -0.4 is 5.32 Å². The van der Waals surface area contributed by atoms with Crippen LogP contribution in [0.5, 0.6) is 11.5 Å². The summed E-state index contributed by atoms with van der Waals surface area (Å²) < 4.78 is 10.5. The number of ether oxygens (including phenoxy) is 1. The molecule has 0 unspecified atom stereocenters. The number of nitrogens with one attached hydrogen (secondary N) is 1. The van der Waals surface area contributed by atoms with Crippen molar-refractivity contribution in [1.29, 1.82) is 0 Å². The highest BCUT2D eigenvalue weighted by atomic mass is 16.5. The zero-order valence-electron chi connectivity index (χ0n) is 23.2. The van der Waals surface area contributed by atoms with Crippen LogP contribution in [0.3, 0.4) is 0 Å². The Morgan fingerprint density at radius 1 is 1.15 bits per heavy atom. The fraction of sp³-hybridized carbons (Fsp3) is 0.433. The Morgan fingerprint density at radius 3 is 2.46 bits per heavy atom. The van der Waals surface area contributed by atoms with Gasteiger partial charge in [0, 0.05) is 25.7 Å². The van der Waals surface area contributed by atoms with Crippen LogP contribution in [0, 0.1) is 11.8 Å². The molecule has 1 heterocycles. The molecule has 1 fully saturated rings. The van der Waals surface area contributed by atoms with Gasteiger partial charge in [-0.2, -0.15) is 0 Å². The van der Waals surface area contributed by atoms with Crippen molar-refractivity contribution in [3.05, 3.63) is 53.2 Å². The molecule has 3 N–H and O–H groups in total. The van der Waals surface area contributed by atoms with Crippen molar-refractivity contribution in [2.45, 2.75) is 46.1 Å². The highest BCUT2D eigenvalue weighted by Gasteiger charge is 2.35. The molecular formula is C30H37N3O6. The maximum Gasteiger partial charge on any atom is 0.308 e. The zero-order chi connectivity index (χ0) is 28.3. The molecular weight excluding hydrogens is 498 g/mol. The Labute approximate surface area is 228 Å². The van der Waals surface area contributed by atoms with Gasteiger partial charge in [0.2, 0.25) is 0 Å². The fourth-order valence-electron chi connectivity index (χ4n) is 5.22. The molecule has 0 atom stereocenters. The number of nitrogens with zero attached hydrogens (tertiary/aromatic N) is 2. The highest BCUT2D eigenvalue weighted by molar-refractivity contribution is 6.02. The summed E-state index contributed by atoms with van der Waals surface area (Å²) in [4.78, 5) is 26.7. The van der Waals surface area contributed by atoms with Crippen molar-refractivity contribution >= 4 is 11.9 Å². The fourth-order valence-corrected chi connectivity index (χ4v) is 5.22. The van der Waals surface area contributed by atoms with Gasteiger partial charge in [-0.05, 0) is 61.4 Å². The average molecular weight is 536 g/mol. The molecule has 3 aromatic rings. The average Bonchev–Trinajstić information content (AvgIpc) is 3.31. The first kappa shape index (κ1) is 28.2.